The van der Waals surface area contributed by atoms with Crippen LogP contribution in [-0.2, 0) is 19.4 Å². The third kappa shape index (κ3) is 2.65. The predicted molar refractivity (Wildman–Crippen MR) is 94.8 cm³/mol. The summed E-state index contributed by atoms with van der Waals surface area (Å²) in [6.45, 7) is 3.36. The standard InChI is InChI=1S/C17H22N2.HI/c1-2-3-6-12-19-15-10-5-4-8-13(15)17(18)14-9-7-11-16(14)19;/h4-5,8,10,18H,2-3,6-7,9,11-12H2,1H3;1H. The molecule has 0 amide bonds. The van der Waals surface area contributed by atoms with Crippen molar-refractivity contribution in [3.8, 4) is 0 Å². The van der Waals surface area contributed by atoms with E-state index in [0.29, 0.717) is 0 Å². The van der Waals surface area contributed by atoms with Crippen LogP contribution in [0.3, 0.4) is 0 Å². The number of fused-ring (bicyclic) bond motifs is 2. The minimum Gasteiger partial charge on any atom is -0.344 e. The Balaban J connectivity index is 0.00000147. The zero-order valence-electron chi connectivity index (χ0n) is 12.1. The van der Waals surface area contributed by atoms with Crippen molar-refractivity contribution in [1.82, 2.24) is 4.57 Å². The van der Waals surface area contributed by atoms with Gasteiger partial charge in [0.05, 0.1) is 10.9 Å². The van der Waals surface area contributed by atoms with E-state index in [4.69, 9.17) is 5.41 Å². The molecule has 0 bridgehead atoms. The Hall–Kier alpha value is -0.840. The monoisotopic (exact) mass is 382 g/mol. The Labute approximate surface area is 137 Å². The molecule has 1 heterocycles. The number of hydrogen-bond donors (Lipinski definition) is 1. The molecule has 0 aliphatic heterocycles. The van der Waals surface area contributed by atoms with Crippen LogP contribution in [0.1, 0.15) is 43.9 Å². The lowest BCUT2D eigenvalue weighted by Crippen LogP contribution is -2.17. The first kappa shape index (κ1) is 15.5. The summed E-state index contributed by atoms with van der Waals surface area (Å²) in [5, 5.41) is 10.3. The lowest BCUT2D eigenvalue weighted by molar-refractivity contribution is 0.596. The highest BCUT2D eigenvalue weighted by Gasteiger charge is 2.18. The number of nitrogens with one attached hydrogen (secondary N) is 1. The summed E-state index contributed by atoms with van der Waals surface area (Å²) in [7, 11) is 0. The van der Waals surface area contributed by atoms with Crippen molar-refractivity contribution in [2.75, 3.05) is 0 Å². The van der Waals surface area contributed by atoms with Crippen LogP contribution in [0, 0.1) is 5.41 Å². The van der Waals surface area contributed by atoms with Crippen LogP contribution in [-0.4, -0.2) is 4.57 Å². The van der Waals surface area contributed by atoms with Crippen LogP contribution in [0.25, 0.3) is 10.9 Å². The molecule has 3 heteroatoms. The molecule has 20 heavy (non-hydrogen) atoms. The maximum atomic E-state index is 8.42. The van der Waals surface area contributed by atoms with E-state index in [0.717, 1.165) is 30.1 Å². The van der Waals surface area contributed by atoms with Crippen molar-refractivity contribution in [3.05, 3.63) is 40.9 Å². The smallest absolute Gasteiger partial charge is 0.0682 e. The number of aromatic nitrogens is 1. The molecular weight excluding hydrogens is 359 g/mol. The number of pyridine rings is 1. The van der Waals surface area contributed by atoms with Crippen molar-refractivity contribution in [2.45, 2.75) is 52.0 Å². The van der Waals surface area contributed by atoms with Gasteiger partial charge in [-0.3, -0.25) is 5.41 Å². The van der Waals surface area contributed by atoms with Gasteiger partial charge in [-0.2, -0.15) is 0 Å². The van der Waals surface area contributed by atoms with Crippen LogP contribution in [0.15, 0.2) is 24.3 Å². The van der Waals surface area contributed by atoms with Crippen molar-refractivity contribution < 1.29 is 0 Å². The van der Waals surface area contributed by atoms with Crippen molar-refractivity contribution in [3.63, 3.8) is 0 Å². The van der Waals surface area contributed by atoms with Crippen LogP contribution >= 0.6 is 24.0 Å². The maximum absolute atomic E-state index is 8.42. The van der Waals surface area contributed by atoms with Crippen LogP contribution < -0.4 is 5.36 Å². The first-order valence-corrected chi connectivity index (χ1v) is 7.51. The van der Waals surface area contributed by atoms with Gasteiger partial charge in [-0.25, -0.2) is 0 Å². The number of rotatable bonds is 4. The topological polar surface area (TPSA) is 28.8 Å². The molecule has 108 valence electrons. The Morgan fingerprint density at radius 3 is 2.75 bits per heavy atom. The fourth-order valence-electron chi connectivity index (χ4n) is 3.30. The van der Waals surface area contributed by atoms with Crippen molar-refractivity contribution in [2.24, 2.45) is 0 Å². The molecule has 2 aromatic rings. The molecule has 1 aliphatic carbocycles. The Kier molecular flexibility index (Phi) is 5.24. The van der Waals surface area contributed by atoms with E-state index < -0.39 is 0 Å². The van der Waals surface area contributed by atoms with Gasteiger partial charge in [0.25, 0.3) is 0 Å². The van der Waals surface area contributed by atoms with Gasteiger partial charge in [0.15, 0.2) is 0 Å². The third-order valence-corrected chi connectivity index (χ3v) is 4.27. The molecule has 0 fully saturated rings. The second-order valence-electron chi connectivity index (χ2n) is 5.53. The number of aryl methyl sites for hydroxylation is 1. The number of para-hydroxylation sites is 1. The van der Waals surface area contributed by atoms with Gasteiger partial charge in [0.1, 0.15) is 0 Å². The summed E-state index contributed by atoms with van der Waals surface area (Å²) in [5.41, 5.74) is 3.99. The minimum atomic E-state index is 0. The summed E-state index contributed by atoms with van der Waals surface area (Å²) >= 11 is 0. The molecule has 1 aromatic carbocycles. The zero-order valence-corrected chi connectivity index (χ0v) is 14.4. The van der Waals surface area contributed by atoms with E-state index in [9.17, 15) is 0 Å². The molecule has 0 radical (unpaired) electrons. The van der Waals surface area contributed by atoms with E-state index in [1.807, 2.05) is 0 Å². The summed E-state index contributed by atoms with van der Waals surface area (Å²) in [5.74, 6) is 0. The van der Waals surface area contributed by atoms with Gasteiger partial charge in [-0.05, 0) is 37.3 Å². The van der Waals surface area contributed by atoms with Crippen LogP contribution in [0.5, 0.6) is 0 Å². The van der Waals surface area contributed by atoms with E-state index in [1.54, 1.807) is 0 Å². The second-order valence-corrected chi connectivity index (χ2v) is 5.53. The number of hydrogen-bond acceptors (Lipinski definition) is 1. The van der Waals surface area contributed by atoms with Gasteiger partial charge in [0, 0.05) is 17.6 Å². The van der Waals surface area contributed by atoms with Gasteiger partial charge < -0.3 is 4.57 Å². The highest BCUT2D eigenvalue weighted by molar-refractivity contribution is 14.0. The minimum absolute atomic E-state index is 0. The molecule has 1 N–H and O–H groups in total. The quantitative estimate of drug-likeness (QED) is 0.599. The highest BCUT2D eigenvalue weighted by atomic mass is 127. The van der Waals surface area contributed by atoms with E-state index in [1.165, 1.54) is 42.5 Å². The Morgan fingerprint density at radius 1 is 1.15 bits per heavy atom. The van der Waals surface area contributed by atoms with Crippen LogP contribution in [0.4, 0.5) is 0 Å². The Morgan fingerprint density at radius 2 is 1.95 bits per heavy atom. The molecular formula is C17H23IN2. The van der Waals surface area contributed by atoms with Gasteiger partial charge in [0.2, 0.25) is 0 Å². The fraction of sp³-hybridized carbons (Fsp3) is 0.471. The summed E-state index contributed by atoms with van der Waals surface area (Å²) in [6, 6.07) is 8.43. The number of unbranched alkanes of at least 4 members (excludes halogenated alkanes) is 2. The average Bonchev–Trinajstić information content (AvgIpc) is 2.92. The SMILES string of the molecule is CCCCCn1c2c(c(=N)c3ccccc31)CCC2.I. The number of benzene rings is 1. The lowest BCUT2D eigenvalue weighted by Gasteiger charge is -2.17. The molecule has 0 saturated heterocycles. The second kappa shape index (κ2) is 6.74. The van der Waals surface area contributed by atoms with Crippen LogP contribution in [0.2, 0.25) is 0 Å². The molecule has 0 unspecified atom stereocenters. The molecule has 0 atom stereocenters. The molecule has 0 spiro atoms. The molecule has 1 aromatic heterocycles. The average molecular weight is 382 g/mol. The third-order valence-electron chi connectivity index (χ3n) is 4.27. The highest BCUT2D eigenvalue weighted by Crippen LogP contribution is 2.24. The van der Waals surface area contributed by atoms with E-state index in [2.05, 4.69) is 35.8 Å². The van der Waals surface area contributed by atoms with Gasteiger partial charge in [-0.15, -0.1) is 24.0 Å². The zero-order chi connectivity index (χ0) is 13.2. The predicted octanol–water partition coefficient (Wildman–Crippen LogP) is 4.42. The van der Waals surface area contributed by atoms with E-state index >= 15 is 0 Å². The van der Waals surface area contributed by atoms with E-state index in [-0.39, 0.29) is 24.0 Å². The summed E-state index contributed by atoms with van der Waals surface area (Å²) in [4.78, 5) is 0. The number of nitrogens with zero attached hydrogens (tertiary/aromatic N) is 1. The van der Waals surface area contributed by atoms with Crippen molar-refractivity contribution >= 4 is 34.9 Å². The Bertz CT molecular complexity index is 658. The fourth-order valence-corrected chi connectivity index (χ4v) is 3.30. The first-order chi connectivity index (χ1) is 9.33. The number of halogens is 1. The molecule has 3 rings (SSSR count). The molecule has 0 saturated carbocycles. The normalized spacial score (nSPS) is 13.2. The molecule has 2 nitrogen and oxygen atoms in total. The summed E-state index contributed by atoms with van der Waals surface area (Å²) < 4.78 is 2.49. The largest absolute Gasteiger partial charge is 0.344 e. The van der Waals surface area contributed by atoms with Gasteiger partial charge >= 0.3 is 0 Å². The van der Waals surface area contributed by atoms with Gasteiger partial charge in [-0.1, -0.05) is 38.0 Å². The molecule has 1 aliphatic rings. The lowest BCUT2D eigenvalue weighted by atomic mass is 10.1. The maximum Gasteiger partial charge on any atom is 0.0682 e. The first-order valence-electron chi connectivity index (χ1n) is 7.51. The van der Waals surface area contributed by atoms with Crippen molar-refractivity contribution in [1.29, 1.82) is 5.41 Å². The summed E-state index contributed by atoms with van der Waals surface area (Å²) in [6.07, 6.45) is 7.25.